The molecule has 2 aliphatic carbocycles. The third-order valence-corrected chi connectivity index (χ3v) is 4.68. The van der Waals surface area contributed by atoms with Crippen LogP contribution in [0, 0.1) is 17.8 Å². The van der Waals surface area contributed by atoms with Crippen molar-refractivity contribution in [2.45, 2.75) is 46.1 Å². The van der Waals surface area contributed by atoms with E-state index in [0.29, 0.717) is 6.42 Å². The van der Waals surface area contributed by atoms with Gasteiger partial charge in [-0.1, -0.05) is 24.1 Å². The van der Waals surface area contributed by atoms with Gasteiger partial charge in [-0.05, 0) is 44.6 Å². The molecular formula is C15H22O3. The summed E-state index contributed by atoms with van der Waals surface area (Å²) in [7, 11) is 0. The van der Waals surface area contributed by atoms with Gasteiger partial charge in [-0.15, -0.1) is 0 Å². The molecule has 2 aliphatic rings. The zero-order chi connectivity index (χ0) is 13.4. The smallest absolute Gasteiger partial charge is 0.306 e. The van der Waals surface area contributed by atoms with E-state index in [1.165, 1.54) is 11.1 Å². The first kappa shape index (κ1) is 13.3. The fourth-order valence-electron chi connectivity index (χ4n) is 3.31. The van der Waals surface area contributed by atoms with Crippen molar-refractivity contribution < 1.29 is 15.0 Å². The van der Waals surface area contributed by atoms with E-state index in [1.807, 2.05) is 6.92 Å². The molecule has 0 aromatic heterocycles. The van der Waals surface area contributed by atoms with Crippen LogP contribution in [0.4, 0.5) is 0 Å². The number of aliphatic carboxylic acids is 1. The maximum Gasteiger partial charge on any atom is 0.306 e. The highest BCUT2D eigenvalue weighted by molar-refractivity contribution is 5.70. The normalized spacial score (nSPS) is 33.8. The summed E-state index contributed by atoms with van der Waals surface area (Å²) < 4.78 is 0. The van der Waals surface area contributed by atoms with Crippen LogP contribution in [0.2, 0.25) is 0 Å². The number of aliphatic hydroxyl groups excluding tert-OH is 1. The van der Waals surface area contributed by atoms with Gasteiger partial charge in [0.1, 0.15) is 0 Å². The number of carboxylic acids is 1. The van der Waals surface area contributed by atoms with E-state index in [0.717, 1.165) is 18.4 Å². The lowest BCUT2D eigenvalue weighted by atomic mass is 9.66. The van der Waals surface area contributed by atoms with E-state index in [1.54, 1.807) is 6.92 Å². The van der Waals surface area contributed by atoms with Crippen LogP contribution in [0.5, 0.6) is 0 Å². The SMILES string of the molecule is CC1=C[C@@H]2C(=C(C)CC[C@H]2[C@@H](C)C(=O)O)C[C@@H]1O. The summed E-state index contributed by atoms with van der Waals surface area (Å²) in [5.41, 5.74) is 3.61. The molecule has 3 nitrogen and oxygen atoms in total. The van der Waals surface area contributed by atoms with Crippen molar-refractivity contribution in [3.05, 3.63) is 22.8 Å². The second kappa shape index (κ2) is 4.88. The van der Waals surface area contributed by atoms with Crippen molar-refractivity contribution in [2.75, 3.05) is 0 Å². The molecule has 3 heteroatoms. The number of carboxylic acid groups (broad SMARTS) is 1. The zero-order valence-electron chi connectivity index (χ0n) is 11.3. The van der Waals surface area contributed by atoms with Crippen molar-refractivity contribution in [1.82, 2.24) is 0 Å². The third-order valence-electron chi connectivity index (χ3n) is 4.68. The van der Waals surface area contributed by atoms with E-state index in [-0.39, 0.29) is 23.9 Å². The Hall–Kier alpha value is -1.09. The van der Waals surface area contributed by atoms with Gasteiger partial charge < -0.3 is 10.2 Å². The van der Waals surface area contributed by atoms with Crippen molar-refractivity contribution in [2.24, 2.45) is 17.8 Å². The number of hydrogen-bond donors (Lipinski definition) is 2. The molecule has 0 saturated carbocycles. The van der Waals surface area contributed by atoms with Crippen LogP contribution in [0.3, 0.4) is 0 Å². The first-order valence-corrected chi connectivity index (χ1v) is 6.69. The Labute approximate surface area is 108 Å². The van der Waals surface area contributed by atoms with Crippen molar-refractivity contribution >= 4 is 5.97 Å². The molecule has 4 atom stereocenters. The molecule has 18 heavy (non-hydrogen) atoms. The number of aliphatic hydroxyl groups is 1. The number of hydrogen-bond acceptors (Lipinski definition) is 2. The van der Waals surface area contributed by atoms with Gasteiger partial charge in [0.05, 0.1) is 12.0 Å². The molecule has 0 bridgehead atoms. The summed E-state index contributed by atoms with van der Waals surface area (Å²) in [5, 5.41) is 19.2. The Morgan fingerprint density at radius 3 is 2.72 bits per heavy atom. The van der Waals surface area contributed by atoms with Crippen LogP contribution in [0.1, 0.15) is 40.0 Å². The molecule has 0 aliphatic heterocycles. The van der Waals surface area contributed by atoms with Gasteiger partial charge in [0, 0.05) is 5.92 Å². The Balaban J connectivity index is 2.35. The second-order valence-corrected chi connectivity index (χ2v) is 5.79. The predicted octanol–water partition coefficient (Wildman–Crippen LogP) is 2.76. The van der Waals surface area contributed by atoms with Gasteiger partial charge >= 0.3 is 5.97 Å². The highest BCUT2D eigenvalue weighted by Crippen LogP contribution is 2.44. The molecule has 2 rings (SSSR count). The average molecular weight is 250 g/mol. The Bertz CT molecular complexity index is 419. The summed E-state index contributed by atoms with van der Waals surface area (Å²) >= 11 is 0. The van der Waals surface area contributed by atoms with E-state index in [4.69, 9.17) is 0 Å². The molecule has 0 fully saturated rings. The second-order valence-electron chi connectivity index (χ2n) is 5.79. The molecule has 0 saturated heterocycles. The van der Waals surface area contributed by atoms with E-state index >= 15 is 0 Å². The molecule has 0 aromatic carbocycles. The van der Waals surface area contributed by atoms with Gasteiger partial charge in [-0.2, -0.15) is 0 Å². The number of fused-ring (bicyclic) bond motifs is 1. The molecule has 0 heterocycles. The van der Waals surface area contributed by atoms with Gasteiger partial charge in [-0.3, -0.25) is 4.79 Å². The van der Waals surface area contributed by atoms with Crippen LogP contribution >= 0.6 is 0 Å². The van der Waals surface area contributed by atoms with E-state index in [9.17, 15) is 15.0 Å². The lowest BCUT2D eigenvalue weighted by Crippen LogP contribution is -2.34. The van der Waals surface area contributed by atoms with Gasteiger partial charge in [0.25, 0.3) is 0 Å². The third kappa shape index (κ3) is 2.24. The largest absolute Gasteiger partial charge is 0.481 e. The van der Waals surface area contributed by atoms with E-state index < -0.39 is 5.97 Å². The fraction of sp³-hybridized carbons (Fsp3) is 0.667. The molecule has 0 radical (unpaired) electrons. The van der Waals surface area contributed by atoms with Crippen LogP contribution in [0.25, 0.3) is 0 Å². The van der Waals surface area contributed by atoms with Crippen molar-refractivity contribution in [3.63, 3.8) is 0 Å². The quantitative estimate of drug-likeness (QED) is 0.741. The fourth-order valence-corrected chi connectivity index (χ4v) is 3.31. The van der Waals surface area contributed by atoms with Gasteiger partial charge in [0.2, 0.25) is 0 Å². The summed E-state index contributed by atoms with van der Waals surface area (Å²) in [6, 6.07) is 0. The average Bonchev–Trinajstić information content (AvgIpc) is 2.31. The van der Waals surface area contributed by atoms with Crippen molar-refractivity contribution in [3.8, 4) is 0 Å². The summed E-state index contributed by atoms with van der Waals surface area (Å²) in [4.78, 5) is 11.2. The maximum absolute atomic E-state index is 11.2. The Morgan fingerprint density at radius 2 is 2.11 bits per heavy atom. The molecular weight excluding hydrogens is 228 g/mol. The first-order valence-electron chi connectivity index (χ1n) is 6.69. The lowest BCUT2D eigenvalue weighted by molar-refractivity contribution is -0.143. The predicted molar refractivity (Wildman–Crippen MR) is 70.1 cm³/mol. The molecule has 0 aromatic rings. The highest BCUT2D eigenvalue weighted by atomic mass is 16.4. The minimum atomic E-state index is -0.712. The summed E-state index contributed by atoms with van der Waals surface area (Å²) in [6.07, 6.45) is 4.30. The van der Waals surface area contributed by atoms with Crippen LogP contribution in [-0.2, 0) is 4.79 Å². The van der Waals surface area contributed by atoms with Gasteiger partial charge in [-0.25, -0.2) is 0 Å². The molecule has 0 amide bonds. The summed E-state index contributed by atoms with van der Waals surface area (Å²) in [6.45, 7) is 5.86. The minimum Gasteiger partial charge on any atom is -0.481 e. The number of rotatable bonds is 2. The molecule has 2 N–H and O–H groups in total. The number of allylic oxidation sites excluding steroid dienone is 2. The van der Waals surface area contributed by atoms with Gasteiger partial charge in [0.15, 0.2) is 0 Å². The molecule has 0 unspecified atom stereocenters. The van der Waals surface area contributed by atoms with Crippen LogP contribution < -0.4 is 0 Å². The van der Waals surface area contributed by atoms with Crippen LogP contribution in [0.15, 0.2) is 22.8 Å². The Kier molecular flexibility index (Phi) is 3.62. The molecule has 100 valence electrons. The number of carbonyl (C=O) groups is 1. The van der Waals surface area contributed by atoms with E-state index in [2.05, 4.69) is 13.0 Å². The van der Waals surface area contributed by atoms with Crippen molar-refractivity contribution in [1.29, 1.82) is 0 Å². The standard InChI is InChI=1S/C15H22O3/c1-8-4-5-11(10(3)15(17)18)13-6-9(2)14(16)7-12(8)13/h6,10-11,13-14,16H,4-5,7H2,1-3H3,(H,17,18)/t10-,11+,13+,14+/m1/s1. The maximum atomic E-state index is 11.2. The first-order chi connectivity index (χ1) is 8.41. The lowest BCUT2D eigenvalue weighted by Gasteiger charge is -2.39. The Morgan fingerprint density at radius 1 is 1.44 bits per heavy atom. The topological polar surface area (TPSA) is 57.5 Å². The zero-order valence-corrected chi connectivity index (χ0v) is 11.3. The minimum absolute atomic E-state index is 0.170. The highest BCUT2D eigenvalue weighted by Gasteiger charge is 2.38. The monoisotopic (exact) mass is 250 g/mol. The molecule has 0 spiro atoms. The summed E-state index contributed by atoms with van der Waals surface area (Å²) in [5.74, 6) is -0.648. The van der Waals surface area contributed by atoms with Crippen LogP contribution in [-0.4, -0.2) is 22.3 Å².